The van der Waals surface area contributed by atoms with Gasteiger partial charge in [-0.1, -0.05) is 36.4 Å². The minimum absolute atomic E-state index is 0.0245. The molecule has 3 heterocycles. The Bertz CT molecular complexity index is 1350. The third kappa shape index (κ3) is 3.23. The van der Waals surface area contributed by atoms with Gasteiger partial charge in [0, 0.05) is 40.5 Å². The molecule has 0 fully saturated rings. The number of nitrogens with one attached hydrogen (secondary N) is 1. The lowest BCUT2D eigenvalue weighted by Gasteiger charge is -2.06. The van der Waals surface area contributed by atoms with Crippen molar-refractivity contribution < 1.29 is 9.90 Å². The van der Waals surface area contributed by atoms with Gasteiger partial charge in [0.2, 0.25) is 0 Å². The lowest BCUT2D eigenvalue weighted by molar-refractivity contribution is -0.136. The summed E-state index contributed by atoms with van der Waals surface area (Å²) in [7, 11) is 0. The van der Waals surface area contributed by atoms with Crippen molar-refractivity contribution in [2.24, 2.45) is 0 Å². The summed E-state index contributed by atoms with van der Waals surface area (Å²) in [6, 6.07) is 20.0. The Morgan fingerprint density at radius 2 is 1.76 bits per heavy atom. The number of carboxylic acids is 1. The van der Waals surface area contributed by atoms with E-state index in [-0.39, 0.29) is 6.42 Å². The third-order valence-corrected chi connectivity index (χ3v) is 5.09. The number of aliphatic carboxylic acids is 1. The monoisotopic (exact) mass is 379 g/mol. The maximum absolute atomic E-state index is 10.9. The van der Waals surface area contributed by atoms with E-state index >= 15 is 0 Å². The van der Waals surface area contributed by atoms with E-state index in [1.807, 2.05) is 48.8 Å². The van der Waals surface area contributed by atoms with E-state index in [1.54, 1.807) is 6.20 Å². The molecule has 0 saturated heterocycles. The number of aromatic nitrogens is 3. The predicted molar refractivity (Wildman–Crippen MR) is 114 cm³/mol. The number of nitrogens with zero attached hydrogens (tertiary/aromatic N) is 2. The largest absolute Gasteiger partial charge is 0.481 e. The quantitative estimate of drug-likeness (QED) is 0.457. The lowest BCUT2D eigenvalue weighted by atomic mass is 10.00. The Hall–Kier alpha value is -3.99. The SMILES string of the molecule is O=C(O)Cc1ccc(-c2c[nH]c3ncc(-c4ccc5ncccc5c4)cc23)cc1. The fourth-order valence-corrected chi connectivity index (χ4v) is 3.63. The second-order valence-corrected chi connectivity index (χ2v) is 7.00. The first kappa shape index (κ1) is 17.1. The Balaban J connectivity index is 1.57. The van der Waals surface area contributed by atoms with Crippen LogP contribution in [0.5, 0.6) is 0 Å². The molecule has 5 aromatic rings. The van der Waals surface area contributed by atoms with E-state index in [2.05, 4.69) is 39.2 Å². The average molecular weight is 379 g/mol. The van der Waals surface area contributed by atoms with Crippen molar-refractivity contribution in [1.82, 2.24) is 15.0 Å². The fraction of sp³-hybridized carbons (Fsp3) is 0.0417. The Kier molecular flexibility index (Phi) is 4.06. The summed E-state index contributed by atoms with van der Waals surface area (Å²) in [4.78, 5) is 23.1. The van der Waals surface area contributed by atoms with Gasteiger partial charge in [-0.15, -0.1) is 0 Å². The summed E-state index contributed by atoms with van der Waals surface area (Å²) in [6.07, 6.45) is 5.63. The second-order valence-electron chi connectivity index (χ2n) is 7.00. The molecule has 0 aliphatic rings. The van der Waals surface area contributed by atoms with Crippen LogP contribution in [0.25, 0.3) is 44.2 Å². The van der Waals surface area contributed by atoms with Crippen molar-refractivity contribution >= 4 is 27.9 Å². The van der Waals surface area contributed by atoms with Gasteiger partial charge >= 0.3 is 5.97 Å². The lowest BCUT2D eigenvalue weighted by Crippen LogP contribution is -1.99. The minimum atomic E-state index is -0.829. The molecule has 0 unspecified atom stereocenters. The Labute approximate surface area is 166 Å². The van der Waals surface area contributed by atoms with Crippen LogP contribution < -0.4 is 0 Å². The Morgan fingerprint density at radius 3 is 2.59 bits per heavy atom. The first-order valence-electron chi connectivity index (χ1n) is 9.31. The van der Waals surface area contributed by atoms with Crippen LogP contribution in [0.15, 0.2) is 79.3 Å². The predicted octanol–water partition coefficient (Wildman–Crippen LogP) is 5.07. The van der Waals surface area contributed by atoms with Crippen LogP contribution in [0.2, 0.25) is 0 Å². The molecule has 3 aromatic heterocycles. The zero-order chi connectivity index (χ0) is 19.8. The van der Waals surface area contributed by atoms with E-state index < -0.39 is 5.97 Å². The normalized spacial score (nSPS) is 11.2. The van der Waals surface area contributed by atoms with Crippen molar-refractivity contribution in [2.45, 2.75) is 6.42 Å². The highest BCUT2D eigenvalue weighted by molar-refractivity contribution is 5.96. The average Bonchev–Trinajstić information content (AvgIpc) is 3.17. The molecule has 0 bridgehead atoms. The summed E-state index contributed by atoms with van der Waals surface area (Å²) in [5, 5.41) is 11.1. The van der Waals surface area contributed by atoms with E-state index in [0.29, 0.717) is 0 Å². The first-order valence-corrected chi connectivity index (χ1v) is 9.31. The molecule has 2 N–H and O–H groups in total. The summed E-state index contributed by atoms with van der Waals surface area (Å²) < 4.78 is 0. The molecule has 5 heteroatoms. The van der Waals surface area contributed by atoms with Crippen molar-refractivity contribution in [2.75, 3.05) is 0 Å². The van der Waals surface area contributed by atoms with Gasteiger partial charge < -0.3 is 10.1 Å². The molecule has 0 aliphatic heterocycles. The number of aromatic amines is 1. The maximum Gasteiger partial charge on any atom is 0.307 e. The van der Waals surface area contributed by atoms with Crippen molar-refractivity contribution in [3.05, 3.63) is 84.8 Å². The van der Waals surface area contributed by atoms with Gasteiger partial charge in [0.25, 0.3) is 0 Å². The second kappa shape index (κ2) is 6.87. The maximum atomic E-state index is 10.9. The van der Waals surface area contributed by atoms with Gasteiger partial charge in [-0.05, 0) is 41.0 Å². The van der Waals surface area contributed by atoms with Gasteiger partial charge in [-0.25, -0.2) is 4.98 Å². The molecule has 140 valence electrons. The molecule has 0 atom stereocenters. The van der Waals surface area contributed by atoms with Gasteiger partial charge in [0.1, 0.15) is 5.65 Å². The molecule has 0 radical (unpaired) electrons. The van der Waals surface area contributed by atoms with Crippen LogP contribution in [0.1, 0.15) is 5.56 Å². The highest BCUT2D eigenvalue weighted by Crippen LogP contribution is 2.32. The highest BCUT2D eigenvalue weighted by atomic mass is 16.4. The van der Waals surface area contributed by atoms with Crippen LogP contribution in [-0.2, 0) is 11.2 Å². The molecule has 0 amide bonds. The fourth-order valence-electron chi connectivity index (χ4n) is 3.63. The van der Waals surface area contributed by atoms with E-state index in [4.69, 9.17) is 5.11 Å². The summed E-state index contributed by atoms with van der Waals surface area (Å²) >= 11 is 0. The minimum Gasteiger partial charge on any atom is -0.481 e. The zero-order valence-corrected chi connectivity index (χ0v) is 15.5. The number of pyridine rings is 2. The van der Waals surface area contributed by atoms with Gasteiger partial charge in [-0.3, -0.25) is 9.78 Å². The van der Waals surface area contributed by atoms with E-state index in [1.165, 1.54) is 0 Å². The van der Waals surface area contributed by atoms with Crippen molar-refractivity contribution in [3.8, 4) is 22.3 Å². The van der Waals surface area contributed by atoms with Gasteiger partial charge in [0.05, 0.1) is 11.9 Å². The number of carbonyl (C=O) groups is 1. The summed E-state index contributed by atoms with van der Waals surface area (Å²) in [6.45, 7) is 0. The molecule has 0 spiro atoms. The highest BCUT2D eigenvalue weighted by Gasteiger charge is 2.10. The van der Waals surface area contributed by atoms with Crippen molar-refractivity contribution in [3.63, 3.8) is 0 Å². The number of carboxylic acid groups (broad SMARTS) is 1. The number of H-pyrrole nitrogens is 1. The molecule has 5 rings (SSSR count). The van der Waals surface area contributed by atoms with E-state index in [9.17, 15) is 4.79 Å². The topological polar surface area (TPSA) is 78.9 Å². The zero-order valence-electron chi connectivity index (χ0n) is 15.5. The van der Waals surface area contributed by atoms with Crippen LogP contribution in [0.4, 0.5) is 0 Å². The number of hydrogen-bond donors (Lipinski definition) is 2. The van der Waals surface area contributed by atoms with E-state index in [0.717, 1.165) is 49.8 Å². The number of fused-ring (bicyclic) bond motifs is 2. The van der Waals surface area contributed by atoms with Crippen molar-refractivity contribution in [1.29, 1.82) is 0 Å². The molecule has 2 aromatic carbocycles. The standard InChI is InChI=1S/C24H17N3O2/c28-23(29)10-15-3-5-16(6-4-15)21-14-27-24-20(21)12-19(13-26-24)17-7-8-22-18(11-17)2-1-9-25-22/h1-9,11-14H,10H2,(H,26,27)(H,28,29). The molecule has 0 saturated carbocycles. The summed E-state index contributed by atoms with van der Waals surface area (Å²) in [5.74, 6) is -0.829. The molecule has 29 heavy (non-hydrogen) atoms. The number of benzene rings is 2. The smallest absolute Gasteiger partial charge is 0.307 e. The third-order valence-electron chi connectivity index (χ3n) is 5.09. The van der Waals surface area contributed by atoms with Gasteiger partial charge in [-0.2, -0.15) is 0 Å². The molecular formula is C24H17N3O2. The Morgan fingerprint density at radius 1 is 0.931 bits per heavy atom. The number of rotatable bonds is 4. The summed E-state index contributed by atoms with van der Waals surface area (Å²) in [5.41, 5.74) is 6.75. The molecular weight excluding hydrogens is 362 g/mol. The van der Waals surface area contributed by atoms with Crippen LogP contribution in [0, 0.1) is 0 Å². The first-order chi connectivity index (χ1) is 14.2. The molecule has 5 nitrogen and oxygen atoms in total. The van der Waals surface area contributed by atoms with Gasteiger partial charge in [0.15, 0.2) is 0 Å². The number of hydrogen-bond acceptors (Lipinski definition) is 3. The van der Waals surface area contributed by atoms with Crippen LogP contribution >= 0.6 is 0 Å². The van der Waals surface area contributed by atoms with Crippen LogP contribution in [0.3, 0.4) is 0 Å². The molecule has 0 aliphatic carbocycles. The van der Waals surface area contributed by atoms with Crippen LogP contribution in [-0.4, -0.2) is 26.0 Å².